The number of nitrogens with zero attached hydrogens (tertiary/aromatic N) is 1. The van der Waals surface area contributed by atoms with Crippen LogP contribution < -0.4 is 0 Å². The summed E-state index contributed by atoms with van der Waals surface area (Å²) in [6.45, 7) is 1.97. The van der Waals surface area contributed by atoms with Crippen LogP contribution >= 0.6 is 23.4 Å². The van der Waals surface area contributed by atoms with Gasteiger partial charge in [0.2, 0.25) is 0 Å². The zero-order chi connectivity index (χ0) is 21.0. The van der Waals surface area contributed by atoms with Gasteiger partial charge in [-0.05, 0) is 61.0 Å². The first kappa shape index (κ1) is 20.6. The van der Waals surface area contributed by atoms with Gasteiger partial charge in [0.1, 0.15) is 0 Å². The molecule has 0 radical (unpaired) electrons. The number of hydrogen-bond acceptors (Lipinski definition) is 5. The highest BCUT2D eigenvalue weighted by Gasteiger charge is 2.17. The van der Waals surface area contributed by atoms with Crippen molar-refractivity contribution < 1.29 is 14.8 Å². The smallest absolute Gasteiger partial charge is 0.311 e. The number of carbonyl (C=O) groups is 1. The lowest BCUT2D eigenvalue weighted by Gasteiger charge is -2.08. The maximum atomic E-state index is 13.1. The summed E-state index contributed by atoms with van der Waals surface area (Å²) < 4.78 is 0. The van der Waals surface area contributed by atoms with Crippen molar-refractivity contribution in [3.8, 4) is 5.75 Å². The van der Waals surface area contributed by atoms with Gasteiger partial charge in [-0.1, -0.05) is 47.1 Å². The quantitative estimate of drug-likeness (QED) is 0.165. The van der Waals surface area contributed by atoms with Crippen LogP contribution in [0.2, 0.25) is 5.02 Å². The summed E-state index contributed by atoms with van der Waals surface area (Å²) in [6.07, 6.45) is 1.58. The van der Waals surface area contributed by atoms with E-state index in [-0.39, 0.29) is 5.78 Å². The van der Waals surface area contributed by atoms with Crippen LogP contribution in [0.3, 0.4) is 0 Å². The third kappa shape index (κ3) is 5.25. The second-order valence-electron chi connectivity index (χ2n) is 6.26. The van der Waals surface area contributed by atoms with Crippen LogP contribution in [0.25, 0.3) is 6.08 Å². The Bertz CT molecular complexity index is 1090. The van der Waals surface area contributed by atoms with E-state index in [1.54, 1.807) is 30.3 Å². The number of phenols is 1. The van der Waals surface area contributed by atoms with Gasteiger partial charge in [-0.2, -0.15) is 0 Å². The molecule has 0 aliphatic rings. The highest BCUT2D eigenvalue weighted by Crippen LogP contribution is 2.33. The van der Waals surface area contributed by atoms with E-state index in [0.29, 0.717) is 21.1 Å². The largest absolute Gasteiger partial charge is 0.502 e. The number of allylic oxidation sites excluding steroid dienone is 1. The first-order valence-corrected chi connectivity index (χ1v) is 9.77. The number of ketones is 1. The molecule has 0 atom stereocenters. The molecule has 0 aromatic heterocycles. The zero-order valence-electron chi connectivity index (χ0n) is 15.3. The molecule has 3 aromatic carbocycles. The molecular weight excluding hydrogens is 410 g/mol. The number of thioether (sulfide) groups is 1. The molecule has 3 rings (SSSR count). The summed E-state index contributed by atoms with van der Waals surface area (Å²) in [7, 11) is 0. The van der Waals surface area contributed by atoms with Gasteiger partial charge in [-0.25, -0.2) is 0 Å². The van der Waals surface area contributed by atoms with Crippen LogP contribution in [0, 0.1) is 17.0 Å². The number of hydrogen-bond donors (Lipinski definition) is 1. The molecule has 0 aliphatic heterocycles. The van der Waals surface area contributed by atoms with Crippen molar-refractivity contribution in [2.75, 3.05) is 0 Å². The van der Waals surface area contributed by atoms with Gasteiger partial charge in [0, 0.05) is 21.5 Å². The number of carbonyl (C=O) groups excluding carboxylic acids is 1. The Morgan fingerprint density at radius 3 is 2.34 bits per heavy atom. The second-order valence-corrected chi connectivity index (χ2v) is 7.82. The van der Waals surface area contributed by atoms with Gasteiger partial charge < -0.3 is 5.11 Å². The molecular formula is C22H16ClNO4S. The normalized spacial score (nSPS) is 11.3. The topological polar surface area (TPSA) is 80.4 Å². The minimum Gasteiger partial charge on any atom is -0.502 e. The number of rotatable bonds is 6. The average molecular weight is 426 g/mol. The summed E-state index contributed by atoms with van der Waals surface area (Å²) in [5.41, 5.74) is 1.57. The Labute approximate surface area is 176 Å². The predicted molar refractivity (Wildman–Crippen MR) is 116 cm³/mol. The molecule has 0 unspecified atom stereocenters. The standard InChI is InChI=1S/C22H16ClNO4S/c1-14-2-9-18(10-3-14)29-21(22(26)16-5-7-17(23)8-6-16)13-15-4-11-20(25)19(12-15)24(27)28/h2-13,25H,1H3/b21-13+. The lowest BCUT2D eigenvalue weighted by atomic mass is 10.1. The minimum atomic E-state index is -0.666. The predicted octanol–water partition coefficient (Wildman–Crippen LogP) is 6.28. The summed E-state index contributed by atoms with van der Waals surface area (Å²) in [4.78, 5) is 24.8. The van der Waals surface area contributed by atoms with Crippen LogP contribution in [0.4, 0.5) is 5.69 Å². The molecule has 0 amide bonds. The van der Waals surface area contributed by atoms with Crippen LogP contribution in [-0.2, 0) is 0 Å². The minimum absolute atomic E-state index is 0.233. The van der Waals surface area contributed by atoms with Gasteiger partial charge >= 0.3 is 5.69 Å². The molecule has 0 saturated carbocycles. The van der Waals surface area contributed by atoms with E-state index in [1.165, 1.54) is 30.0 Å². The third-order valence-electron chi connectivity index (χ3n) is 4.07. The van der Waals surface area contributed by atoms with E-state index >= 15 is 0 Å². The number of phenolic OH excluding ortho intramolecular Hbond substituents is 1. The molecule has 7 heteroatoms. The van der Waals surface area contributed by atoms with E-state index in [0.717, 1.165) is 10.5 Å². The van der Waals surface area contributed by atoms with Crippen molar-refractivity contribution in [2.45, 2.75) is 11.8 Å². The SMILES string of the molecule is Cc1ccc(S/C(=C/c2ccc(O)c([N+](=O)[O-])c2)C(=O)c2ccc(Cl)cc2)cc1. The highest BCUT2D eigenvalue weighted by atomic mass is 35.5. The summed E-state index contributed by atoms with van der Waals surface area (Å²) >= 11 is 7.18. The average Bonchev–Trinajstić information content (AvgIpc) is 2.70. The Morgan fingerprint density at radius 2 is 1.72 bits per heavy atom. The molecule has 0 fully saturated rings. The maximum absolute atomic E-state index is 13.1. The molecule has 29 heavy (non-hydrogen) atoms. The fourth-order valence-electron chi connectivity index (χ4n) is 2.55. The Morgan fingerprint density at radius 1 is 1.07 bits per heavy atom. The lowest BCUT2D eigenvalue weighted by molar-refractivity contribution is -0.385. The molecule has 3 aromatic rings. The van der Waals surface area contributed by atoms with Gasteiger partial charge in [-0.3, -0.25) is 14.9 Å². The lowest BCUT2D eigenvalue weighted by Crippen LogP contribution is -2.01. The van der Waals surface area contributed by atoms with Crippen molar-refractivity contribution in [3.05, 3.63) is 103 Å². The first-order chi connectivity index (χ1) is 13.8. The van der Waals surface area contributed by atoms with Crippen molar-refractivity contribution >= 4 is 40.9 Å². The molecule has 0 spiro atoms. The van der Waals surface area contributed by atoms with Crippen molar-refractivity contribution in [1.82, 2.24) is 0 Å². The van der Waals surface area contributed by atoms with E-state index < -0.39 is 16.4 Å². The van der Waals surface area contributed by atoms with Crippen molar-refractivity contribution in [3.63, 3.8) is 0 Å². The van der Waals surface area contributed by atoms with Crippen LogP contribution in [-0.4, -0.2) is 15.8 Å². The summed E-state index contributed by atoms with van der Waals surface area (Å²) in [5, 5.41) is 21.3. The number of aromatic hydroxyl groups is 1. The third-order valence-corrected chi connectivity index (χ3v) is 5.36. The van der Waals surface area contributed by atoms with Gasteiger partial charge in [0.25, 0.3) is 0 Å². The number of Topliss-reactive ketones (excluding diaryl/α,β-unsaturated/α-hetero) is 1. The fraction of sp³-hybridized carbons (Fsp3) is 0.0455. The molecule has 5 nitrogen and oxygen atoms in total. The Balaban J connectivity index is 2.04. The van der Waals surface area contributed by atoms with Crippen LogP contribution in [0.15, 0.2) is 76.5 Å². The fourth-order valence-corrected chi connectivity index (χ4v) is 3.60. The molecule has 0 heterocycles. The monoisotopic (exact) mass is 425 g/mol. The molecule has 1 N–H and O–H groups in total. The van der Waals surface area contributed by atoms with Crippen LogP contribution in [0.1, 0.15) is 21.5 Å². The number of nitro benzene ring substituents is 1. The highest BCUT2D eigenvalue weighted by molar-refractivity contribution is 8.04. The maximum Gasteiger partial charge on any atom is 0.311 e. The number of aryl methyl sites for hydroxylation is 1. The van der Waals surface area contributed by atoms with E-state index in [2.05, 4.69) is 0 Å². The summed E-state index contributed by atoms with van der Waals surface area (Å²) in [6, 6.07) is 18.2. The van der Waals surface area contributed by atoms with Crippen LogP contribution in [0.5, 0.6) is 5.75 Å². The number of halogens is 1. The molecule has 0 aliphatic carbocycles. The summed E-state index contributed by atoms with van der Waals surface area (Å²) in [5.74, 6) is -0.660. The van der Waals surface area contributed by atoms with Crippen molar-refractivity contribution in [2.24, 2.45) is 0 Å². The van der Waals surface area contributed by atoms with Gasteiger partial charge in [-0.15, -0.1) is 0 Å². The zero-order valence-corrected chi connectivity index (χ0v) is 16.9. The van der Waals surface area contributed by atoms with E-state index in [4.69, 9.17) is 11.6 Å². The van der Waals surface area contributed by atoms with E-state index in [1.807, 2.05) is 31.2 Å². The second kappa shape index (κ2) is 8.94. The molecule has 0 saturated heterocycles. The molecule has 146 valence electrons. The first-order valence-electron chi connectivity index (χ1n) is 8.57. The van der Waals surface area contributed by atoms with E-state index in [9.17, 15) is 20.0 Å². The molecule has 0 bridgehead atoms. The van der Waals surface area contributed by atoms with Crippen molar-refractivity contribution in [1.29, 1.82) is 0 Å². The number of benzene rings is 3. The van der Waals surface area contributed by atoms with Gasteiger partial charge in [0.05, 0.1) is 9.83 Å². The van der Waals surface area contributed by atoms with Gasteiger partial charge in [0.15, 0.2) is 11.5 Å². The number of nitro groups is 1. The Kier molecular flexibility index (Phi) is 6.36. The Hall–Kier alpha value is -3.09.